The Labute approximate surface area is 121 Å². The molecule has 1 aromatic rings. The van der Waals surface area contributed by atoms with Crippen LogP contribution in [-0.2, 0) is 4.79 Å². The fourth-order valence-corrected chi connectivity index (χ4v) is 3.05. The van der Waals surface area contributed by atoms with Crippen LogP contribution in [0.1, 0.15) is 24.8 Å². The number of hydrogen-bond acceptors (Lipinski definition) is 2. The average Bonchev–Trinajstić information content (AvgIpc) is 3.10. The molecule has 98 valence electrons. The summed E-state index contributed by atoms with van der Waals surface area (Å²) in [6.45, 7) is 2.06. The van der Waals surface area contributed by atoms with Crippen molar-refractivity contribution in [3.05, 3.63) is 34.3 Å². The van der Waals surface area contributed by atoms with Gasteiger partial charge in [-0.1, -0.05) is 28.1 Å². The molecule has 0 aromatic heterocycles. The van der Waals surface area contributed by atoms with Gasteiger partial charge in [0, 0.05) is 22.2 Å². The highest BCUT2D eigenvalue weighted by Crippen LogP contribution is 2.47. The van der Waals surface area contributed by atoms with Crippen molar-refractivity contribution in [3.8, 4) is 0 Å². The maximum atomic E-state index is 12.0. The molecule has 0 heterocycles. The fourth-order valence-electron chi connectivity index (χ4n) is 2.20. The van der Waals surface area contributed by atoms with E-state index < -0.39 is 0 Å². The van der Waals surface area contributed by atoms with Gasteiger partial charge in [-0.2, -0.15) is 11.8 Å². The summed E-state index contributed by atoms with van der Waals surface area (Å²) in [5, 5.41) is 3.08. The molecule has 1 N–H and O–H groups in total. The Bertz CT molecular complexity index is 420. The van der Waals surface area contributed by atoms with Crippen molar-refractivity contribution in [1.29, 1.82) is 0 Å². The van der Waals surface area contributed by atoms with E-state index in [1.54, 1.807) is 11.8 Å². The summed E-state index contributed by atoms with van der Waals surface area (Å²) in [6, 6.07) is 8.55. The van der Waals surface area contributed by atoms with Gasteiger partial charge < -0.3 is 5.32 Å². The minimum absolute atomic E-state index is 0.176. The topological polar surface area (TPSA) is 29.1 Å². The monoisotopic (exact) mass is 327 g/mol. The molecule has 1 aliphatic carbocycles. The van der Waals surface area contributed by atoms with Crippen molar-refractivity contribution in [2.75, 3.05) is 12.0 Å². The molecular weight excluding hydrogens is 310 g/mol. The van der Waals surface area contributed by atoms with Gasteiger partial charge in [0.1, 0.15) is 0 Å². The molecule has 0 unspecified atom stereocenters. The number of nitrogens with one attached hydrogen (secondary N) is 1. The number of thioether (sulfide) groups is 1. The minimum Gasteiger partial charge on any atom is -0.353 e. The summed E-state index contributed by atoms with van der Waals surface area (Å²) in [6.07, 6.45) is 3.05. The van der Waals surface area contributed by atoms with Gasteiger partial charge in [0.2, 0.25) is 5.91 Å². The van der Waals surface area contributed by atoms with E-state index in [-0.39, 0.29) is 17.9 Å². The number of benzene rings is 1. The standard InChI is InChI=1S/C14H18BrNOS/c1-9(8-18-2)16-14(17)13-7-12(13)10-3-5-11(15)6-4-10/h3-6,9,12-13H,7-8H2,1-2H3,(H,16,17)/t9-,12+,13-/m0/s1. The van der Waals surface area contributed by atoms with Gasteiger partial charge in [-0.3, -0.25) is 4.79 Å². The largest absolute Gasteiger partial charge is 0.353 e. The Hall–Kier alpha value is -0.480. The fraction of sp³-hybridized carbons (Fsp3) is 0.500. The van der Waals surface area contributed by atoms with E-state index in [9.17, 15) is 4.79 Å². The van der Waals surface area contributed by atoms with Crippen LogP contribution in [0.2, 0.25) is 0 Å². The molecule has 4 heteroatoms. The highest BCUT2D eigenvalue weighted by Gasteiger charge is 2.43. The van der Waals surface area contributed by atoms with Crippen LogP contribution in [0.4, 0.5) is 0 Å². The quantitative estimate of drug-likeness (QED) is 0.897. The van der Waals surface area contributed by atoms with Crippen LogP contribution in [0, 0.1) is 5.92 Å². The summed E-state index contributed by atoms with van der Waals surface area (Å²) in [4.78, 5) is 12.0. The number of carbonyl (C=O) groups is 1. The first-order chi connectivity index (χ1) is 8.61. The lowest BCUT2D eigenvalue weighted by Gasteiger charge is -2.12. The molecule has 2 nitrogen and oxygen atoms in total. The smallest absolute Gasteiger partial charge is 0.223 e. The van der Waals surface area contributed by atoms with Gasteiger partial charge in [0.15, 0.2) is 0 Å². The second kappa shape index (κ2) is 6.11. The van der Waals surface area contributed by atoms with E-state index in [0.29, 0.717) is 5.92 Å². The number of carbonyl (C=O) groups excluding carboxylic acids is 1. The number of amides is 1. The normalized spacial score (nSPS) is 23.5. The number of hydrogen-bond donors (Lipinski definition) is 1. The summed E-state index contributed by atoms with van der Waals surface area (Å²) < 4.78 is 1.08. The van der Waals surface area contributed by atoms with Crippen molar-refractivity contribution >= 4 is 33.6 Å². The first kappa shape index (κ1) is 13.9. The molecule has 1 saturated carbocycles. The van der Waals surface area contributed by atoms with Crippen LogP contribution in [0.5, 0.6) is 0 Å². The third-order valence-corrected chi connectivity index (χ3v) is 4.59. The van der Waals surface area contributed by atoms with Crippen molar-refractivity contribution in [1.82, 2.24) is 5.32 Å². The van der Waals surface area contributed by atoms with Gasteiger partial charge in [0.05, 0.1) is 0 Å². The summed E-state index contributed by atoms with van der Waals surface area (Å²) in [5.41, 5.74) is 1.27. The Morgan fingerprint density at radius 1 is 1.50 bits per heavy atom. The average molecular weight is 328 g/mol. The molecule has 18 heavy (non-hydrogen) atoms. The van der Waals surface area contributed by atoms with E-state index in [0.717, 1.165) is 16.6 Å². The van der Waals surface area contributed by atoms with Crippen molar-refractivity contribution in [2.24, 2.45) is 5.92 Å². The van der Waals surface area contributed by atoms with E-state index >= 15 is 0 Å². The molecule has 0 bridgehead atoms. The SMILES string of the molecule is CSC[C@H](C)NC(=O)[C@H]1C[C@@H]1c1ccc(Br)cc1. The first-order valence-electron chi connectivity index (χ1n) is 6.16. The third-order valence-electron chi connectivity index (χ3n) is 3.23. The van der Waals surface area contributed by atoms with Crippen LogP contribution in [0.25, 0.3) is 0 Å². The summed E-state index contributed by atoms with van der Waals surface area (Å²) >= 11 is 5.19. The van der Waals surface area contributed by atoms with Crippen molar-refractivity contribution in [3.63, 3.8) is 0 Å². The number of halogens is 1. The third kappa shape index (κ3) is 3.51. The van der Waals surface area contributed by atoms with Gasteiger partial charge in [-0.05, 0) is 43.2 Å². The molecule has 1 aromatic carbocycles. The maximum Gasteiger partial charge on any atom is 0.223 e. The lowest BCUT2D eigenvalue weighted by molar-refractivity contribution is -0.122. The van der Waals surface area contributed by atoms with Crippen molar-refractivity contribution in [2.45, 2.75) is 25.3 Å². The highest BCUT2D eigenvalue weighted by atomic mass is 79.9. The molecule has 1 fully saturated rings. The molecule has 1 amide bonds. The second-order valence-corrected chi connectivity index (χ2v) is 6.69. The summed E-state index contributed by atoms with van der Waals surface area (Å²) in [5.74, 6) is 1.78. The van der Waals surface area contributed by atoms with Crippen LogP contribution in [-0.4, -0.2) is 24.0 Å². The maximum absolute atomic E-state index is 12.0. The van der Waals surface area contributed by atoms with Gasteiger partial charge >= 0.3 is 0 Å². The van der Waals surface area contributed by atoms with E-state index in [1.807, 2.05) is 12.1 Å². The van der Waals surface area contributed by atoms with Gasteiger partial charge in [0.25, 0.3) is 0 Å². The molecule has 0 spiro atoms. The lowest BCUT2D eigenvalue weighted by Crippen LogP contribution is -2.35. The molecule has 0 saturated heterocycles. The minimum atomic E-state index is 0.176. The van der Waals surface area contributed by atoms with Gasteiger partial charge in [-0.25, -0.2) is 0 Å². The Morgan fingerprint density at radius 2 is 2.17 bits per heavy atom. The molecule has 0 radical (unpaired) electrons. The van der Waals surface area contributed by atoms with Crippen LogP contribution in [0.3, 0.4) is 0 Å². The van der Waals surface area contributed by atoms with Crippen LogP contribution in [0.15, 0.2) is 28.7 Å². The van der Waals surface area contributed by atoms with E-state index in [2.05, 4.69) is 46.6 Å². The zero-order chi connectivity index (χ0) is 13.1. The van der Waals surface area contributed by atoms with E-state index in [4.69, 9.17) is 0 Å². The van der Waals surface area contributed by atoms with Crippen LogP contribution >= 0.6 is 27.7 Å². The molecule has 2 rings (SSSR count). The zero-order valence-electron chi connectivity index (χ0n) is 10.7. The number of rotatable bonds is 5. The zero-order valence-corrected chi connectivity index (χ0v) is 13.1. The second-order valence-electron chi connectivity index (χ2n) is 4.87. The predicted octanol–water partition coefficient (Wildman–Crippen LogP) is 3.42. The van der Waals surface area contributed by atoms with Crippen molar-refractivity contribution < 1.29 is 4.79 Å². The highest BCUT2D eigenvalue weighted by molar-refractivity contribution is 9.10. The summed E-state index contributed by atoms with van der Waals surface area (Å²) in [7, 11) is 0. The Balaban J connectivity index is 1.87. The molecule has 3 atom stereocenters. The predicted molar refractivity (Wildman–Crippen MR) is 81.0 cm³/mol. The van der Waals surface area contributed by atoms with E-state index in [1.165, 1.54) is 5.56 Å². The van der Waals surface area contributed by atoms with Crippen LogP contribution < -0.4 is 5.32 Å². The Kier molecular flexibility index (Phi) is 4.73. The van der Waals surface area contributed by atoms with Gasteiger partial charge in [-0.15, -0.1) is 0 Å². The lowest BCUT2D eigenvalue weighted by atomic mass is 10.1. The first-order valence-corrected chi connectivity index (χ1v) is 8.35. The molecule has 0 aliphatic heterocycles. The molecular formula is C14H18BrNOS. The Morgan fingerprint density at radius 3 is 2.78 bits per heavy atom. The molecule has 1 aliphatic rings.